The van der Waals surface area contributed by atoms with Crippen LogP contribution in [0.1, 0.15) is 4.88 Å². The lowest BCUT2D eigenvalue weighted by Gasteiger charge is -2.02. The van der Waals surface area contributed by atoms with Crippen LogP contribution in [0.5, 0.6) is 0 Å². The lowest BCUT2D eigenvalue weighted by molar-refractivity contribution is 1.04. The van der Waals surface area contributed by atoms with Crippen molar-refractivity contribution in [3.05, 3.63) is 34.2 Å². The number of anilines is 1. The van der Waals surface area contributed by atoms with E-state index in [1.165, 1.54) is 0 Å². The molecule has 0 spiro atoms. The fourth-order valence-electron chi connectivity index (χ4n) is 1.80. The highest BCUT2D eigenvalue weighted by Gasteiger charge is 2.21. The zero-order valence-electron chi connectivity index (χ0n) is 9.01. The third kappa shape index (κ3) is 1.59. The van der Waals surface area contributed by atoms with Gasteiger partial charge in [0.25, 0.3) is 0 Å². The van der Waals surface area contributed by atoms with Crippen LogP contribution < -0.4 is 5.73 Å². The summed E-state index contributed by atoms with van der Waals surface area (Å²) in [5, 5.41) is 8.70. The summed E-state index contributed by atoms with van der Waals surface area (Å²) in [6, 6.07) is 7.62. The molecule has 0 amide bonds. The normalized spacial score (nSPS) is 11.2. The van der Waals surface area contributed by atoms with Crippen LogP contribution in [-0.2, 0) is 0 Å². The quantitative estimate of drug-likeness (QED) is 0.735. The first-order valence-electron chi connectivity index (χ1n) is 5.03. The van der Waals surface area contributed by atoms with Crippen LogP contribution in [0.2, 0.25) is 5.02 Å². The molecule has 0 saturated carbocycles. The third-order valence-electron chi connectivity index (χ3n) is 2.55. The van der Waals surface area contributed by atoms with Gasteiger partial charge < -0.3 is 5.73 Å². The molecule has 0 fully saturated rings. The van der Waals surface area contributed by atoms with Crippen molar-refractivity contribution in [1.29, 1.82) is 0 Å². The maximum absolute atomic E-state index is 5.99. The van der Waals surface area contributed by atoms with E-state index in [4.69, 9.17) is 17.3 Å². The molecule has 17 heavy (non-hydrogen) atoms. The zero-order valence-corrected chi connectivity index (χ0v) is 10.6. The molecule has 2 aliphatic rings. The SMILES string of the molecule is Cc1sn(-c2cccc(Cl)c2)c2nnc(N)c1-2. The number of hydrogen-bond acceptors (Lipinski definition) is 4. The van der Waals surface area contributed by atoms with Crippen molar-refractivity contribution in [2.45, 2.75) is 6.92 Å². The number of fused-ring (bicyclic) bond motifs is 1. The number of rotatable bonds is 1. The van der Waals surface area contributed by atoms with E-state index < -0.39 is 0 Å². The van der Waals surface area contributed by atoms with Gasteiger partial charge in [-0.2, -0.15) is 0 Å². The third-order valence-corrected chi connectivity index (χ3v) is 3.83. The topological polar surface area (TPSA) is 56.7 Å². The highest BCUT2D eigenvalue weighted by molar-refractivity contribution is 7.07. The van der Waals surface area contributed by atoms with Gasteiger partial charge in [-0.1, -0.05) is 29.2 Å². The minimum Gasteiger partial charge on any atom is -0.382 e. The van der Waals surface area contributed by atoms with Gasteiger partial charge in [0.05, 0.1) is 11.3 Å². The van der Waals surface area contributed by atoms with Crippen LogP contribution in [0, 0.1) is 6.92 Å². The Balaban J connectivity index is 2.23. The summed E-state index contributed by atoms with van der Waals surface area (Å²) in [5.74, 6) is 1.27. The van der Waals surface area contributed by atoms with Crippen molar-refractivity contribution in [3.63, 3.8) is 0 Å². The molecule has 2 N–H and O–H groups in total. The van der Waals surface area contributed by atoms with E-state index in [0.717, 1.165) is 22.0 Å². The first kappa shape index (κ1) is 10.6. The fourth-order valence-corrected chi connectivity index (χ4v) is 2.98. The molecule has 0 radical (unpaired) electrons. The number of halogens is 1. The standard InChI is InChI=1S/C11H9ClN4S/c1-6-9-10(13)14-15-11(9)16(17-6)8-4-2-3-7(12)5-8/h2-5H,1H3,(H2,13,14). The van der Waals surface area contributed by atoms with Gasteiger partial charge in [0.15, 0.2) is 11.6 Å². The van der Waals surface area contributed by atoms with Crippen LogP contribution >= 0.6 is 23.1 Å². The molecule has 0 atom stereocenters. The predicted molar refractivity (Wildman–Crippen MR) is 70.0 cm³/mol. The molecule has 86 valence electrons. The van der Waals surface area contributed by atoms with Gasteiger partial charge in [-0.25, -0.2) is 3.96 Å². The molecule has 0 aromatic heterocycles. The summed E-state index contributed by atoms with van der Waals surface area (Å²) in [6.45, 7) is 2.01. The number of aryl methyl sites for hydroxylation is 1. The van der Waals surface area contributed by atoms with Crippen molar-refractivity contribution in [2.24, 2.45) is 0 Å². The Labute approximate surface area is 107 Å². The summed E-state index contributed by atoms with van der Waals surface area (Å²) in [5.41, 5.74) is 7.69. The molecule has 0 unspecified atom stereocenters. The first-order valence-corrected chi connectivity index (χ1v) is 6.18. The Hall–Kier alpha value is -1.59. The minimum absolute atomic E-state index is 0.481. The fraction of sp³-hybridized carbons (Fsp3) is 0.0909. The molecule has 4 nitrogen and oxygen atoms in total. The molecule has 0 aliphatic carbocycles. The molecule has 0 bridgehead atoms. The zero-order chi connectivity index (χ0) is 12.0. The van der Waals surface area contributed by atoms with Crippen LogP contribution in [-0.4, -0.2) is 14.2 Å². The van der Waals surface area contributed by atoms with Crippen LogP contribution in [0.3, 0.4) is 0 Å². The van der Waals surface area contributed by atoms with Crippen LogP contribution in [0.15, 0.2) is 24.3 Å². The number of benzene rings is 1. The highest BCUT2D eigenvalue weighted by Crippen LogP contribution is 2.36. The highest BCUT2D eigenvalue weighted by atomic mass is 35.5. The average Bonchev–Trinajstić information content (AvgIpc) is 2.82. The largest absolute Gasteiger partial charge is 0.382 e. The van der Waals surface area contributed by atoms with Crippen molar-refractivity contribution in [2.75, 3.05) is 5.73 Å². The molecular formula is C11H9ClN4S. The van der Waals surface area contributed by atoms with Crippen LogP contribution in [0.4, 0.5) is 5.82 Å². The van der Waals surface area contributed by atoms with E-state index >= 15 is 0 Å². The molecule has 6 heteroatoms. The van der Waals surface area contributed by atoms with E-state index in [2.05, 4.69) is 10.2 Å². The smallest absolute Gasteiger partial charge is 0.181 e. The summed E-state index contributed by atoms with van der Waals surface area (Å²) in [7, 11) is 0. The number of nitrogen functional groups attached to an aromatic ring is 1. The van der Waals surface area contributed by atoms with Gasteiger partial charge in [0.1, 0.15) is 0 Å². The van der Waals surface area contributed by atoms with Crippen LogP contribution in [0.25, 0.3) is 17.1 Å². The van der Waals surface area contributed by atoms with Crippen molar-refractivity contribution < 1.29 is 0 Å². The van der Waals surface area contributed by atoms with E-state index in [-0.39, 0.29) is 0 Å². The maximum Gasteiger partial charge on any atom is 0.181 e. The van der Waals surface area contributed by atoms with Crippen molar-refractivity contribution in [3.8, 4) is 17.1 Å². The molecule has 3 rings (SSSR count). The number of hydrogen-bond donors (Lipinski definition) is 1. The van der Waals surface area contributed by atoms with Crippen molar-refractivity contribution in [1.82, 2.24) is 14.2 Å². The van der Waals surface area contributed by atoms with Gasteiger partial charge >= 0.3 is 0 Å². The van der Waals surface area contributed by atoms with Gasteiger partial charge in [-0.15, -0.1) is 10.2 Å². The Bertz CT molecular complexity index is 658. The molecule has 1 aromatic rings. The molecular weight excluding hydrogens is 256 g/mol. The second-order valence-corrected chi connectivity index (χ2v) is 5.30. The van der Waals surface area contributed by atoms with Gasteiger partial charge in [0, 0.05) is 9.90 Å². The molecule has 2 aliphatic heterocycles. The Morgan fingerprint density at radius 1 is 1.35 bits per heavy atom. The first-order chi connectivity index (χ1) is 8.16. The average molecular weight is 265 g/mol. The number of nitrogens with two attached hydrogens (primary N) is 1. The minimum atomic E-state index is 0.481. The Kier molecular flexibility index (Phi) is 2.31. The molecule has 2 heterocycles. The summed E-state index contributed by atoms with van der Waals surface area (Å²) >= 11 is 7.57. The summed E-state index contributed by atoms with van der Waals surface area (Å²) in [4.78, 5) is 1.10. The number of aromatic nitrogens is 3. The monoisotopic (exact) mass is 264 g/mol. The van der Waals surface area contributed by atoms with Gasteiger partial charge in [-0.3, -0.25) is 0 Å². The molecule has 1 aromatic carbocycles. The summed E-state index contributed by atoms with van der Waals surface area (Å²) in [6.07, 6.45) is 0. The Morgan fingerprint density at radius 2 is 2.18 bits per heavy atom. The predicted octanol–water partition coefficient (Wildman–Crippen LogP) is 2.98. The number of nitrogens with zero attached hydrogens (tertiary/aromatic N) is 3. The summed E-state index contributed by atoms with van der Waals surface area (Å²) < 4.78 is 1.99. The van der Waals surface area contributed by atoms with Gasteiger partial charge in [0.2, 0.25) is 0 Å². The second kappa shape index (κ2) is 3.72. The second-order valence-electron chi connectivity index (χ2n) is 3.71. The Morgan fingerprint density at radius 3 is 2.94 bits per heavy atom. The lowest BCUT2D eigenvalue weighted by Crippen LogP contribution is -1.92. The van der Waals surface area contributed by atoms with E-state index in [0.29, 0.717) is 10.8 Å². The lowest BCUT2D eigenvalue weighted by atomic mass is 10.2. The van der Waals surface area contributed by atoms with Gasteiger partial charge in [-0.05, 0) is 25.1 Å². The van der Waals surface area contributed by atoms with E-state index in [9.17, 15) is 0 Å². The maximum atomic E-state index is 5.99. The van der Waals surface area contributed by atoms with Crippen molar-refractivity contribution >= 4 is 29.0 Å². The van der Waals surface area contributed by atoms with E-state index in [1.807, 2.05) is 35.1 Å². The molecule has 0 saturated heterocycles. The van der Waals surface area contributed by atoms with E-state index in [1.54, 1.807) is 11.5 Å².